The third-order valence-electron chi connectivity index (χ3n) is 4.78. The molecule has 2 N–H and O–H groups in total. The molecule has 0 saturated carbocycles. The SMILES string of the molecule is COCCc1ccccc1N[C@H]1c2cc(C#N)ccc2OC(C)(C)[C@@H]1O. The number of fused-ring (bicyclic) bond motifs is 1. The molecule has 5 nitrogen and oxygen atoms in total. The van der Waals surface area contributed by atoms with Crippen LogP contribution in [-0.4, -0.2) is 30.5 Å². The first-order valence-corrected chi connectivity index (χ1v) is 8.71. The molecule has 1 heterocycles. The Kier molecular flexibility index (Phi) is 5.17. The maximum absolute atomic E-state index is 10.9. The first-order valence-electron chi connectivity index (χ1n) is 8.71. The number of rotatable bonds is 5. The maximum Gasteiger partial charge on any atom is 0.132 e. The third-order valence-corrected chi connectivity index (χ3v) is 4.78. The molecule has 136 valence electrons. The van der Waals surface area contributed by atoms with Crippen LogP contribution in [0.3, 0.4) is 0 Å². The second-order valence-electron chi connectivity index (χ2n) is 7.04. The first kappa shape index (κ1) is 18.2. The number of benzene rings is 2. The lowest BCUT2D eigenvalue weighted by atomic mass is 9.85. The summed E-state index contributed by atoms with van der Waals surface area (Å²) in [7, 11) is 1.68. The fourth-order valence-electron chi connectivity index (χ4n) is 3.28. The summed E-state index contributed by atoms with van der Waals surface area (Å²) < 4.78 is 11.2. The number of hydrogen-bond donors (Lipinski definition) is 2. The van der Waals surface area contributed by atoms with Crippen LogP contribution in [0.15, 0.2) is 42.5 Å². The molecule has 0 amide bonds. The average Bonchev–Trinajstić information content (AvgIpc) is 2.64. The van der Waals surface area contributed by atoms with Gasteiger partial charge in [-0.1, -0.05) is 18.2 Å². The van der Waals surface area contributed by atoms with Crippen LogP contribution in [0.25, 0.3) is 0 Å². The van der Waals surface area contributed by atoms with Crippen LogP contribution in [0.1, 0.15) is 36.6 Å². The van der Waals surface area contributed by atoms with Crippen LogP contribution >= 0.6 is 0 Å². The third kappa shape index (κ3) is 3.52. The molecule has 0 fully saturated rings. The summed E-state index contributed by atoms with van der Waals surface area (Å²) in [6.45, 7) is 4.35. The van der Waals surface area contributed by atoms with Crippen LogP contribution in [0.4, 0.5) is 5.69 Å². The van der Waals surface area contributed by atoms with Crippen molar-refractivity contribution in [2.75, 3.05) is 19.0 Å². The number of aliphatic hydroxyl groups is 1. The summed E-state index contributed by atoms with van der Waals surface area (Å²) in [6, 6.07) is 15.1. The highest BCUT2D eigenvalue weighted by atomic mass is 16.5. The molecule has 0 spiro atoms. The Morgan fingerprint density at radius 3 is 2.77 bits per heavy atom. The van der Waals surface area contributed by atoms with Gasteiger partial charge < -0.3 is 19.9 Å². The molecule has 26 heavy (non-hydrogen) atoms. The predicted octanol–water partition coefficient (Wildman–Crippen LogP) is 3.43. The van der Waals surface area contributed by atoms with Crippen molar-refractivity contribution in [1.82, 2.24) is 0 Å². The molecule has 0 radical (unpaired) electrons. The van der Waals surface area contributed by atoms with Crippen molar-refractivity contribution in [3.63, 3.8) is 0 Å². The number of ether oxygens (including phenoxy) is 2. The number of para-hydroxylation sites is 1. The van der Waals surface area contributed by atoms with Gasteiger partial charge in [0.25, 0.3) is 0 Å². The van der Waals surface area contributed by atoms with Crippen LogP contribution < -0.4 is 10.1 Å². The Morgan fingerprint density at radius 2 is 2.04 bits per heavy atom. The Morgan fingerprint density at radius 1 is 1.27 bits per heavy atom. The molecule has 5 heteroatoms. The highest BCUT2D eigenvalue weighted by Gasteiger charge is 2.43. The second kappa shape index (κ2) is 7.36. The van der Waals surface area contributed by atoms with Gasteiger partial charge in [0.1, 0.15) is 17.5 Å². The Bertz CT molecular complexity index is 826. The van der Waals surface area contributed by atoms with E-state index in [0.29, 0.717) is 17.9 Å². The van der Waals surface area contributed by atoms with Crippen molar-refractivity contribution in [2.24, 2.45) is 0 Å². The molecule has 0 saturated heterocycles. The molecule has 0 unspecified atom stereocenters. The van der Waals surface area contributed by atoms with E-state index < -0.39 is 11.7 Å². The van der Waals surface area contributed by atoms with Gasteiger partial charge in [-0.15, -0.1) is 0 Å². The minimum atomic E-state index is -0.778. The molecule has 1 aliphatic rings. The molecular formula is C21H24N2O3. The number of methoxy groups -OCH3 is 1. The van der Waals surface area contributed by atoms with Gasteiger partial charge >= 0.3 is 0 Å². The number of nitriles is 1. The van der Waals surface area contributed by atoms with Crippen LogP contribution in [-0.2, 0) is 11.2 Å². The quantitative estimate of drug-likeness (QED) is 0.862. The second-order valence-corrected chi connectivity index (χ2v) is 7.04. The Labute approximate surface area is 154 Å². The van der Waals surface area contributed by atoms with E-state index in [1.165, 1.54) is 0 Å². The highest BCUT2D eigenvalue weighted by molar-refractivity contribution is 5.56. The lowest BCUT2D eigenvalue weighted by Gasteiger charge is -2.43. The van der Waals surface area contributed by atoms with E-state index in [1.807, 2.05) is 38.1 Å². The number of nitrogens with zero attached hydrogens (tertiary/aromatic N) is 1. The van der Waals surface area contributed by atoms with Gasteiger partial charge in [-0.25, -0.2) is 0 Å². The van der Waals surface area contributed by atoms with Gasteiger partial charge in [0.2, 0.25) is 0 Å². The minimum Gasteiger partial charge on any atom is -0.485 e. The zero-order chi connectivity index (χ0) is 18.7. The fourth-order valence-corrected chi connectivity index (χ4v) is 3.28. The number of anilines is 1. The van der Waals surface area contributed by atoms with Gasteiger partial charge in [0, 0.05) is 18.4 Å². The summed E-state index contributed by atoms with van der Waals surface area (Å²) in [6.07, 6.45) is -0.00701. The number of nitrogens with one attached hydrogen (secondary N) is 1. The van der Waals surface area contributed by atoms with E-state index in [9.17, 15) is 10.4 Å². The minimum absolute atomic E-state index is 0.384. The first-order chi connectivity index (χ1) is 12.5. The van der Waals surface area contributed by atoms with Crippen LogP contribution in [0.5, 0.6) is 5.75 Å². The van der Waals surface area contributed by atoms with Crippen LogP contribution in [0, 0.1) is 11.3 Å². The highest BCUT2D eigenvalue weighted by Crippen LogP contribution is 2.42. The molecule has 1 aliphatic heterocycles. The lowest BCUT2D eigenvalue weighted by Crippen LogP contribution is -2.50. The zero-order valence-corrected chi connectivity index (χ0v) is 15.3. The fraction of sp³-hybridized carbons (Fsp3) is 0.381. The summed E-state index contributed by atoms with van der Waals surface area (Å²) >= 11 is 0. The summed E-state index contributed by atoms with van der Waals surface area (Å²) in [4.78, 5) is 0. The molecule has 3 rings (SSSR count). The van der Waals surface area contributed by atoms with E-state index in [4.69, 9.17) is 9.47 Å². The Hall–Kier alpha value is -2.55. The summed E-state index contributed by atoms with van der Waals surface area (Å²) in [5.41, 5.74) is 2.64. The summed E-state index contributed by atoms with van der Waals surface area (Å²) in [5, 5.41) is 23.7. The molecule has 2 aromatic carbocycles. The van der Waals surface area contributed by atoms with E-state index in [-0.39, 0.29) is 6.04 Å². The van der Waals surface area contributed by atoms with Crippen LogP contribution in [0.2, 0.25) is 0 Å². The number of hydrogen-bond acceptors (Lipinski definition) is 5. The maximum atomic E-state index is 10.9. The normalized spacial score (nSPS) is 20.6. The van der Waals surface area contributed by atoms with Gasteiger partial charge in [-0.3, -0.25) is 0 Å². The lowest BCUT2D eigenvalue weighted by molar-refractivity contribution is -0.0532. The van der Waals surface area contributed by atoms with Crippen molar-refractivity contribution < 1.29 is 14.6 Å². The van der Waals surface area contributed by atoms with E-state index in [2.05, 4.69) is 11.4 Å². The molecule has 0 aliphatic carbocycles. The van der Waals surface area contributed by atoms with Crippen molar-refractivity contribution in [2.45, 2.75) is 38.0 Å². The topological polar surface area (TPSA) is 74.5 Å². The van der Waals surface area contributed by atoms with E-state index in [1.54, 1.807) is 25.3 Å². The monoisotopic (exact) mass is 352 g/mol. The largest absolute Gasteiger partial charge is 0.485 e. The van der Waals surface area contributed by atoms with Gasteiger partial charge in [0.05, 0.1) is 24.3 Å². The molecular weight excluding hydrogens is 328 g/mol. The van der Waals surface area contributed by atoms with Gasteiger partial charge in [0.15, 0.2) is 0 Å². The standard InChI is InChI=1S/C21H24N2O3/c1-21(2)20(24)19(16-12-14(13-22)8-9-18(16)26-21)23-17-7-5-4-6-15(17)10-11-25-3/h4-9,12,19-20,23-24H,10-11H2,1-3H3/t19-,20+/m0/s1. The molecule has 0 bridgehead atoms. The van der Waals surface area contributed by atoms with Gasteiger partial charge in [-0.05, 0) is 50.1 Å². The van der Waals surface area contributed by atoms with E-state index in [0.717, 1.165) is 23.2 Å². The molecule has 2 atom stereocenters. The van der Waals surface area contributed by atoms with Crippen molar-refractivity contribution in [3.8, 4) is 11.8 Å². The Balaban J connectivity index is 2.00. The molecule has 0 aromatic heterocycles. The number of aliphatic hydroxyl groups excluding tert-OH is 1. The average molecular weight is 352 g/mol. The van der Waals surface area contributed by atoms with Crippen molar-refractivity contribution >= 4 is 5.69 Å². The predicted molar refractivity (Wildman–Crippen MR) is 100 cm³/mol. The zero-order valence-electron chi connectivity index (χ0n) is 15.3. The molecule has 2 aromatic rings. The van der Waals surface area contributed by atoms with Crippen molar-refractivity contribution in [3.05, 3.63) is 59.2 Å². The van der Waals surface area contributed by atoms with Crippen molar-refractivity contribution in [1.29, 1.82) is 5.26 Å². The van der Waals surface area contributed by atoms with E-state index >= 15 is 0 Å². The van der Waals surface area contributed by atoms with Gasteiger partial charge in [-0.2, -0.15) is 5.26 Å². The smallest absolute Gasteiger partial charge is 0.132 e. The summed E-state index contributed by atoms with van der Waals surface area (Å²) in [5.74, 6) is 0.686.